The molecular weight excluding hydrogens is 278 g/mol. The van der Waals surface area contributed by atoms with Gasteiger partial charge in [-0.2, -0.15) is 0 Å². The Balaban J connectivity index is 1.88. The van der Waals surface area contributed by atoms with E-state index < -0.39 is 0 Å². The number of aryl methyl sites for hydroxylation is 2. The molecule has 2 aromatic rings. The summed E-state index contributed by atoms with van der Waals surface area (Å²) < 4.78 is 5.57. The number of rotatable bonds is 6. The first kappa shape index (κ1) is 16.0. The van der Waals surface area contributed by atoms with Gasteiger partial charge in [0.05, 0.1) is 0 Å². The highest BCUT2D eigenvalue weighted by Crippen LogP contribution is 2.19. The van der Waals surface area contributed by atoms with Crippen LogP contribution in [0.15, 0.2) is 42.5 Å². The molecule has 2 N–H and O–H groups in total. The largest absolute Gasteiger partial charge is 0.483 e. The van der Waals surface area contributed by atoms with Crippen LogP contribution in [-0.2, 0) is 11.2 Å². The van der Waals surface area contributed by atoms with Crippen LogP contribution in [0.3, 0.4) is 0 Å². The first-order valence-electron chi connectivity index (χ1n) is 7.28. The van der Waals surface area contributed by atoms with Crippen LogP contribution in [0.2, 0.25) is 0 Å². The Hall–Kier alpha value is -2.33. The van der Waals surface area contributed by atoms with E-state index in [2.05, 4.69) is 5.32 Å². The number of carbonyl (C=O) groups is 1. The molecule has 2 aromatic carbocycles. The monoisotopic (exact) mass is 299 g/mol. The van der Waals surface area contributed by atoms with Crippen molar-refractivity contribution in [3.8, 4) is 5.75 Å². The molecular formula is C18H21NO3. The van der Waals surface area contributed by atoms with Gasteiger partial charge in [0, 0.05) is 12.3 Å². The van der Waals surface area contributed by atoms with Crippen molar-refractivity contribution in [2.45, 2.75) is 20.3 Å². The molecule has 116 valence electrons. The van der Waals surface area contributed by atoms with Gasteiger partial charge in [-0.05, 0) is 55.2 Å². The lowest BCUT2D eigenvalue weighted by Gasteiger charge is -2.10. The van der Waals surface area contributed by atoms with Gasteiger partial charge < -0.3 is 15.2 Å². The van der Waals surface area contributed by atoms with Gasteiger partial charge in [0.15, 0.2) is 6.61 Å². The minimum Gasteiger partial charge on any atom is -0.483 e. The summed E-state index contributed by atoms with van der Waals surface area (Å²) in [6, 6.07) is 13.3. The van der Waals surface area contributed by atoms with E-state index in [1.54, 1.807) is 0 Å². The molecule has 0 fully saturated rings. The third-order valence-corrected chi connectivity index (χ3v) is 3.34. The van der Waals surface area contributed by atoms with Crippen LogP contribution in [0.25, 0.3) is 0 Å². The molecule has 0 bridgehead atoms. The molecule has 0 radical (unpaired) electrons. The summed E-state index contributed by atoms with van der Waals surface area (Å²) in [6.07, 6.45) is 0.615. The maximum atomic E-state index is 11.9. The molecule has 0 atom stereocenters. The molecule has 0 saturated carbocycles. The molecule has 4 nitrogen and oxygen atoms in total. The Morgan fingerprint density at radius 3 is 2.55 bits per heavy atom. The zero-order valence-corrected chi connectivity index (χ0v) is 12.9. The molecule has 1 amide bonds. The number of nitrogens with one attached hydrogen (secondary N) is 1. The van der Waals surface area contributed by atoms with Crippen LogP contribution in [0.5, 0.6) is 5.75 Å². The topological polar surface area (TPSA) is 58.6 Å². The minimum atomic E-state index is -0.198. The molecule has 4 heteroatoms. The number of aliphatic hydroxyl groups excluding tert-OH is 1. The molecule has 0 heterocycles. The molecule has 22 heavy (non-hydrogen) atoms. The van der Waals surface area contributed by atoms with Crippen molar-refractivity contribution in [3.63, 3.8) is 0 Å². The van der Waals surface area contributed by atoms with Crippen molar-refractivity contribution in [1.82, 2.24) is 0 Å². The molecule has 0 unspecified atom stereocenters. The summed E-state index contributed by atoms with van der Waals surface area (Å²) in [6.45, 7) is 4.03. The van der Waals surface area contributed by atoms with Gasteiger partial charge in [0.25, 0.3) is 5.91 Å². The van der Waals surface area contributed by atoms with Gasteiger partial charge in [-0.3, -0.25) is 4.79 Å². The third kappa shape index (κ3) is 4.60. The van der Waals surface area contributed by atoms with Crippen LogP contribution >= 0.6 is 0 Å². The van der Waals surface area contributed by atoms with Crippen molar-refractivity contribution >= 4 is 11.6 Å². The fraction of sp³-hybridized carbons (Fsp3) is 0.278. The highest BCUT2D eigenvalue weighted by atomic mass is 16.5. The predicted molar refractivity (Wildman–Crippen MR) is 87.3 cm³/mol. The van der Waals surface area contributed by atoms with E-state index in [4.69, 9.17) is 9.84 Å². The van der Waals surface area contributed by atoms with E-state index in [9.17, 15) is 4.79 Å². The number of aliphatic hydroxyl groups is 1. The number of hydrogen-bond donors (Lipinski definition) is 2. The number of amides is 1. The van der Waals surface area contributed by atoms with Gasteiger partial charge in [0.2, 0.25) is 0 Å². The van der Waals surface area contributed by atoms with Crippen LogP contribution in [0.1, 0.15) is 16.7 Å². The summed E-state index contributed by atoms with van der Waals surface area (Å²) in [5.74, 6) is 0.532. The van der Waals surface area contributed by atoms with E-state index in [0.29, 0.717) is 6.42 Å². The highest BCUT2D eigenvalue weighted by Gasteiger charge is 2.06. The zero-order valence-electron chi connectivity index (χ0n) is 12.9. The molecule has 2 rings (SSSR count). The van der Waals surface area contributed by atoms with Gasteiger partial charge in [-0.25, -0.2) is 0 Å². The second kappa shape index (κ2) is 7.61. The van der Waals surface area contributed by atoms with Crippen LogP contribution in [-0.4, -0.2) is 24.2 Å². The fourth-order valence-corrected chi connectivity index (χ4v) is 2.09. The van der Waals surface area contributed by atoms with Crippen LogP contribution < -0.4 is 10.1 Å². The van der Waals surface area contributed by atoms with E-state index >= 15 is 0 Å². The van der Waals surface area contributed by atoms with Gasteiger partial charge >= 0.3 is 0 Å². The first-order chi connectivity index (χ1) is 10.6. The lowest BCUT2D eigenvalue weighted by molar-refractivity contribution is -0.118. The highest BCUT2D eigenvalue weighted by molar-refractivity contribution is 5.91. The Kier molecular flexibility index (Phi) is 5.55. The number of hydrogen-bond acceptors (Lipinski definition) is 3. The third-order valence-electron chi connectivity index (χ3n) is 3.34. The Morgan fingerprint density at radius 2 is 1.86 bits per heavy atom. The van der Waals surface area contributed by atoms with Gasteiger partial charge in [-0.15, -0.1) is 0 Å². The Labute approximate surface area is 130 Å². The van der Waals surface area contributed by atoms with E-state index in [1.165, 1.54) is 0 Å². The van der Waals surface area contributed by atoms with Gasteiger partial charge in [-0.1, -0.05) is 24.3 Å². The number of ether oxygens (including phenoxy) is 1. The van der Waals surface area contributed by atoms with Crippen LogP contribution in [0, 0.1) is 13.8 Å². The second-order valence-electron chi connectivity index (χ2n) is 5.28. The summed E-state index contributed by atoms with van der Waals surface area (Å²) in [4.78, 5) is 11.9. The maximum absolute atomic E-state index is 11.9. The number of benzene rings is 2. The predicted octanol–water partition coefficient (Wildman–Crippen LogP) is 2.86. The molecule has 0 saturated heterocycles. The summed E-state index contributed by atoms with van der Waals surface area (Å²) >= 11 is 0. The molecule has 0 aromatic heterocycles. The fourth-order valence-electron chi connectivity index (χ4n) is 2.09. The van der Waals surface area contributed by atoms with Crippen molar-refractivity contribution in [2.24, 2.45) is 0 Å². The number of carbonyl (C=O) groups excluding carboxylic acids is 1. The van der Waals surface area contributed by atoms with Crippen LogP contribution in [0.4, 0.5) is 5.69 Å². The lowest BCUT2D eigenvalue weighted by atomic mass is 10.1. The normalized spacial score (nSPS) is 10.3. The van der Waals surface area contributed by atoms with Crippen molar-refractivity contribution < 1.29 is 14.6 Å². The van der Waals surface area contributed by atoms with Crippen molar-refractivity contribution in [1.29, 1.82) is 0 Å². The Bertz CT molecular complexity index is 635. The molecule has 0 spiro atoms. The lowest BCUT2D eigenvalue weighted by Crippen LogP contribution is -2.20. The first-order valence-corrected chi connectivity index (χ1v) is 7.28. The van der Waals surface area contributed by atoms with E-state index in [1.807, 2.05) is 56.3 Å². The smallest absolute Gasteiger partial charge is 0.262 e. The Morgan fingerprint density at radius 1 is 1.14 bits per heavy atom. The second-order valence-corrected chi connectivity index (χ2v) is 5.28. The number of anilines is 1. The zero-order chi connectivity index (χ0) is 15.9. The average Bonchev–Trinajstić information content (AvgIpc) is 2.50. The summed E-state index contributed by atoms with van der Waals surface area (Å²) in [5.41, 5.74) is 3.86. The van der Waals surface area contributed by atoms with E-state index in [-0.39, 0.29) is 19.1 Å². The molecule has 0 aliphatic heterocycles. The standard InChI is InChI=1S/C18H21NO3/c1-13-3-4-14(2)17(11-13)22-12-18(21)19-16-7-5-15(6-8-16)9-10-20/h3-8,11,20H,9-10,12H2,1-2H3,(H,19,21). The van der Waals surface area contributed by atoms with Gasteiger partial charge in [0.1, 0.15) is 5.75 Å². The van der Waals surface area contributed by atoms with Crippen molar-refractivity contribution in [3.05, 3.63) is 59.2 Å². The molecule has 0 aliphatic carbocycles. The summed E-state index contributed by atoms with van der Waals surface area (Å²) in [5, 5.41) is 11.7. The maximum Gasteiger partial charge on any atom is 0.262 e. The summed E-state index contributed by atoms with van der Waals surface area (Å²) in [7, 11) is 0. The quantitative estimate of drug-likeness (QED) is 0.862. The molecule has 0 aliphatic rings. The average molecular weight is 299 g/mol. The van der Waals surface area contributed by atoms with E-state index in [0.717, 1.165) is 28.1 Å². The van der Waals surface area contributed by atoms with Crippen molar-refractivity contribution in [2.75, 3.05) is 18.5 Å². The SMILES string of the molecule is Cc1ccc(C)c(OCC(=O)Nc2ccc(CCO)cc2)c1. The minimum absolute atomic E-state index is 0.0251.